The van der Waals surface area contributed by atoms with Crippen LogP contribution in [-0.4, -0.2) is 25.6 Å². The average molecular weight is 362 g/mol. The summed E-state index contributed by atoms with van der Waals surface area (Å²) < 4.78 is 10.2. The number of nitrogens with one attached hydrogen (secondary N) is 1. The normalized spacial score (nSPS) is 11.5. The van der Waals surface area contributed by atoms with E-state index in [-0.39, 0.29) is 18.2 Å². The van der Waals surface area contributed by atoms with Crippen molar-refractivity contribution in [2.75, 3.05) is 13.7 Å². The van der Waals surface area contributed by atoms with Crippen molar-refractivity contribution >= 4 is 23.5 Å². The third-order valence-corrected chi connectivity index (χ3v) is 4.00. The molecule has 0 aliphatic carbocycles. The molecule has 0 radical (unpaired) electrons. The molecule has 0 fully saturated rings. The monoisotopic (exact) mass is 361 g/mol. The molecule has 0 saturated heterocycles. The quantitative estimate of drug-likeness (QED) is 0.797. The van der Waals surface area contributed by atoms with Crippen molar-refractivity contribution in [3.05, 3.63) is 64.2 Å². The van der Waals surface area contributed by atoms with Gasteiger partial charge < -0.3 is 14.8 Å². The Bertz CT molecular complexity index is 776. The summed E-state index contributed by atoms with van der Waals surface area (Å²) >= 11 is 6.11. The zero-order valence-corrected chi connectivity index (χ0v) is 15.1. The number of carbonyl (C=O) groups is 2. The van der Waals surface area contributed by atoms with Crippen LogP contribution in [0, 0.1) is 6.92 Å². The Balaban J connectivity index is 1.95. The fourth-order valence-electron chi connectivity index (χ4n) is 2.38. The van der Waals surface area contributed by atoms with Crippen LogP contribution in [0.2, 0.25) is 5.02 Å². The SMILES string of the molecule is COc1ccc(C)cc1C(=O)OCC(=O)N[C@@H](C)c1ccccc1Cl. The number of carbonyl (C=O) groups excluding carboxylic acids is 2. The van der Waals surface area contributed by atoms with Gasteiger partial charge in [0.15, 0.2) is 6.61 Å². The molecule has 1 amide bonds. The molecule has 0 saturated carbocycles. The van der Waals surface area contributed by atoms with Crippen molar-refractivity contribution in [1.82, 2.24) is 5.32 Å². The van der Waals surface area contributed by atoms with Gasteiger partial charge in [0, 0.05) is 5.02 Å². The fraction of sp³-hybridized carbons (Fsp3) is 0.263. The lowest BCUT2D eigenvalue weighted by Gasteiger charge is -2.16. The molecule has 5 nitrogen and oxygen atoms in total. The predicted molar refractivity (Wildman–Crippen MR) is 96.0 cm³/mol. The molecule has 2 rings (SSSR count). The summed E-state index contributed by atoms with van der Waals surface area (Å²) in [5.74, 6) is -0.617. The fourth-order valence-corrected chi connectivity index (χ4v) is 2.68. The first kappa shape index (κ1) is 18.8. The first-order valence-electron chi connectivity index (χ1n) is 7.78. The van der Waals surface area contributed by atoms with E-state index < -0.39 is 11.9 Å². The number of ether oxygens (including phenoxy) is 2. The number of halogens is 1. The van der Waals surface area contributed by atoms with E-state index in [0.717, 1.165) is 11.1 Å². The van der Waals surface area contributed by atoms with Crippen LogP contribution in [0.3, 0.4) is 0 Å². The molecule has 0 unspecified atom stereocenters. The van der Waals surface area contributed by atoms with E-state index in [4.69, 9.17) is 21.1 Å². The van der Waals surface area contributed by atoms with Gasteiger partial charge in [-0.05, 0) is 37.6 Å². The number of rotatable bonds is 6. The van der Waals surface area contributed by atoms with Crippen molar-refractivity contribution in [3.8, 4) is 5.75 Å². The predicted octanol–water partition coefficient (Wildman–Crippen LogP) is 3.69. The summed E-state index contributed by atoms with van der Waals surface area (Å²) in [6.45, 7) is 3.28. The first-order valence-corrected chi connectivity index (χ1v) is 8.15. The third-order valence-electron chi connectivity index (χ3n) is 3.66. The van der Waals surface area contributed by atoms with E-state index in [2.05, 4.69) is 5.32 Å². The number of amides is 1. The molecule has 1 N–H and O–H groups in total. The van der Waals surface area contributed by atoms with Gasteiger partial charge in [0.05, 0.1) is 13.2 Å². The molecule has 132 valence electrons. The standard InChI is InChI=1S/C19H20ClNO4/c1-12-8-9-17(24-3)15(10-12)19(23)25-11-18(22)21-13(2)14-6-4-5-7-16(14)20/h4-10,13H,11H2,1-3H3,(H,21,22)/t13-/m0/s1. The zero-order valence-electron chi connectivity index (χ0n) is 14.3. The van der Waals surface area contributed by atoms with Crippen LogP contribution in [0.15, 0.2) is 42.5 Å². The molecule has 0 aliphatic rings. The second-order valence-corrected chi connectivity index (χ2v) is 6.00. The Morgan fingerprint density at radius 2 is 1.92 bits per heavy atom. The lowest BCUT2D eigenvalue weighted by Crippen LogP contribution is -2.31. The van der Waals surface area contributed by atoms with Gasteiger partial charge in [-0.1, -0.05) is 41.4 Å². The van der Waals surface area contributed by atoms with E-state index in [1.165, 1.54) is 7.11 Å². The van der Waals surface area contributed by atoms with E-state index in [1.807, 2.05) is 38.1 Å². The Kier molecular flexibility index (Phi) is 6.42. The molecule has 2 aromatic carbocycles. The van der Waals surface area contributed by atoms with Crippen molar-refractivity contribution in [1.29, 1.82) is 0 Å². The molecular weight excluding hydrogens is 342 g/mol. The minimum Gasteiger partial charge on any atom is -0.496 e. The highest BCUT2D eigenvalue weighted by atomic mass is 35.5. The number of methoxy groups -OCH3 is 1. The van der Waals surface area contributed by atoms with Crippen LogP contribution >= 0.6 is 11.6 Å². The maximum Gasteiger partial charge on any atom is 0.342 e. The van der Waals surface area contributed by atoms with Gasteiger partial charge in [-0.2, -0.15) is 0 Å². The van der Waals surface area contributed by atoms with Gasteiger partial charge in [0.2, 0.25) is 0 Å². The van der Waals surface area contributed by atoms with E-state index in [9.17, 15) is 9.59 Å². The summed E-state index contributed by atoms with van der Waals surface area (Å²) in [5, 5.41) is 3.32. The van der Waals surface area contributed by atoms with E-state index in [1.54, 1.807) is 18.2 Å². The lowest BCUT2D eigenvalue weighted by atomic mass is 10.1. The smallest absolute Gasteiger partial charge is 0.342 e. The third kappa shape index (κ3) is 4.97. The van der Waals surface area contributed by atoms with Gasteiger partial charge in [0.1, 0.15) is 11.3 Å². The van der Waals surface area contributed by atoms with Gasteiger partial charge in [0.25, 0.3) is 5.91 Å². The molecule has 0 heterocycles. The van der Waals surface area contributed by atoms with Crippen molar-refractivity contribution in [2.45, 2.75) is 19.9 Å². The van der Waals surface area contributed by atoms with Crippen LogP contribution in [-0.2, 0) is 9.53 Å². The number of esters is 1. The number of hydrogen-bond acceptors (Lipinski definition) is 4. The lowest BCUT2D eigenvalue weighted by molar-refractivity contribution is -0.124. The van der Waals surface area contributed by atoms with Crippen LogP contribution in [0.1, 0.15) is 34.5 Å². The number of aryl methyl sites for hydroxylation is 1. The molecule has 6 heteroatoms. The van der Waals surface area contributed by atoms with E-state index in [0.29, 0.717) is 10.8 Å². The largest absolute Gasteiger partial charge is 0.496 e. The van der Waals surface area contributed by atoms with Gasteiger partial charge >= 0.3 is 5.97 Å². The second-order valence-electron chi connectivity index (χ2n) is 5.59. The van der Waals surface area contributed by atoms with Crippen molar-refractivity contribution in [3.63, 3.8) is 0 Å². The summed E-state index contributed by atoms with van der Waals surface area (Å²) in [6, 6.07) is 12.1. The summed E-state index contributed by atoms with van der Waals surface area (Å²) in [7, 11) is 1.47. The molecule has 2 aromatic rings. The number of benzene rings is 2. The maximum absolute atomic E-state index is 12.2. The van der Waals surface area contributed by atoms with Crippen LogP contribution in [0.5, 0.6) is 5.75 Å². The molecule has 0 aromatic heterocycles. The van der Waals surface area contributed by atoms with Crippen LogP contribution in [0.4, 0.5) is 0 Å². The zero-order chi connectivity index (χ0) is 18.4. The Labute approximate surface area is 151 Å². The molecule has 25 heavy (non-hydrogen) atoms. The topological polar surface area (TPSA) is 64.6 Å². The molecule has 0 aliphatic heterocycles. The molecular formula is C19H20ClNO4. The number of hydrogen-bond donors (Lipinski definition) is 1. The first-order chi connectivity index (χ1) is 11.9. The molecule has 1 atom stereocenters. The van der Waals surface area contributed by atoms with Gasteiger partial charge in [-0.25, -0.2) is 4.79 Å². The Morgan fingerprint density at radius 3 is 2.60 bits per heavy atom. The van der Waals surface area contributed by atoms with E-state index >= 15 is 0 Å². The summed E-state index contributed by atoms with van der Waals surface area (Å²) in [4.78, 5) is 24.2. The van der Waals surface area contributed by atoms with Crippen molar-refractivity contribution in [2.24, 2.45) is 0 Å². The Hall–Kier alpha value is -2.53. The minimum absolute atomic E-state index is 0.287. The highest BCUT2D eigenvalue weighted by molar-refractivity contribution is 6.31. The minimum atomic E-state index is -0.610. The maximum atomic E-state index is 12.2. The highest BCUT2D eigenvalue weighted by Gasteiger charge is 2.17. The van der Waals surface area contributed by atoms with Crippen LogP contribution in [0.25, 0.3) is 0 Å². The summed E-state index contributed by atoms with van der Waals surface area (Å²) in [6.07, 6.45) is 0. The van der Waals surface area contributed by atoms with Crippen LogP contribution < -0.4 is 10.1 Å². The van der Waals surface area contributed by atoms with Gasteiger partial charge in [-0.15, -0.1) is 0 Å². The van der Waals surface area contributed by atoms with Crippen molar-refractivity contribution < 1.29 is 19.1 Å². The summed E-state index contributed by atoms with van der Waals surface area (Å²) in [5.41, 5.74) is 1.98. The molecule has 0 spiro atoms. The molecule has 0 bridgehead atoms. The highest BCUT2D eigenvalue weighted by Crippen LogP contribution is 2.22. The second kappa shape index (κ2) is 8.53. The average Bonchev–Trinajstić information content (AvgIpc) is 2.59. The van der Waals surface area contributed by atoms with Gasteiger partial charge in [-0.3, -0.25) is 4.79 Å². The Morgan fingerprint density at radius 1 is 1.20 bits per heavy atom.